The predicted molar refractivity (Wildman–Crippen MR) is 84.4 cm³/mol. The minimum Gasteiger partial charge on any atom is -0.370 e. The first-order chi connectivity index (χ1) is 10.6. The van der Waals surface area contributed by atoms with E-state index in [0.717, 1.165) is 12.0 Å². The third-order valence-corrected chi connectivity index (χ3v) is 4.01. The van der Waals surface area contributed by atoms with E-state index in [4.69, 9.17) is 5.73 Å². The lowest BCUT2D eigenvalue weighted by Crippen LogP contribution is -2.42. The molecule has 0 radical (unpaired) electrons. The molecule has 0 aliphatic carbocycles. The summed E-state index contributed by atoms with van der Waals surface area (Å²) < 4.78 is 0. The number of carbonyl (C=O) groups excluding carboxylic acids is 2. The number of hydrogen-bond acceptors (Lipinski definition) is 4. The smallest absolute Gasteiger partial charge is 0.228 e. The van der Waals surface area contributed by atoms with Gasteiger partial charge in [0.1, 0.15) is 0 Å². The molecule has 2 amide bonds. The number of nitrogens with two attached hydrogens (primary N) is 1. The molecule has 1 aliphatic heterocycles. The molecular weight excluding hydrogens is 280 g/mol. The molecule has 6 nitrogen and oxygen atoms in total. The highest BCUT2D eigenvalue weighted by molar-refractivity contribution is 5.81. The third-order valence-electron chi connectivity index (χ3n) is 4.01. The lowest BCUT2D eigenvalue weighted by molar-refractivity contribution is -0.136. The van der Waals surface area contributed by atoms with Crippen LogP contribution in [0.15, 0.2) is 30.3 Å². The molecule has 2 atom stereocenters. The summed E-state index contributed by atoms with van der Waals surface area (Å²) in [6.45, 7) is 3.52. The zero-order valence-electron chi connectivity index (χ0n) is 12.9. The zero-order valence-corrected chi connectivity index (χ0v) is 12.9. The number of rotatable bonds is 7. The maximum Gasteiger partial charge on any atom is 0.228 e. The van der Waals surface area contributed by atoms with Gasteiger partial charge >= 0.3 is 0 Å². The highest BCUT2D eigenvalue weighted by atomic mass is 16.2. The largest absolute Gasteiger partial charge is 0.370 e. The lowest BCUT2D eigenvalue weighted by atomic mass is 9.98. The molecule has 0 bridgehead atoms. The van der Waals surface area contributed by atoms with Crippen molar-refractivity contribution in [3.63, 3.8) is 0 Å². The summed E-state index contributed by atoms with van der Waals surface area (Å²) in [4.78, 5) is 25.6. The monoisotopic (exact) mass is 304 g/mol. The Kier molecular flexibility index (Phi) is 5.91. The van der Waals surface area contributed by atoms with Crippen molar-refractivity contribution in [2.24, 2.45) is 11.7 Å². The average Bonchev–Trinajstić information content (AvgIpc) is 3.00. The molecule has 1 aromatic rings. The molecule has 1 aliphatic rings. The van der Waals surface area contributed by atoms with Crippen molar-refractivity contribution in [1.29, 1.82) is 0 Å². The van der Waals surface area contributed by atoms with Gasteiger partial charge in [-0.3, -0.25) is 20.4 Å². The maximum absolute atomic E-state index is 12.8. The zero-order chi connectivity index (χ0) is 15.9. The normalized spacial score (nSPS) is 20.8. The Labute approximate surface area is 131 Å². The van der Waals surface area contributed by atoms with E-state index in [1.54, 1.807) is 4.90 Å². The summed E-state index contributed by atoms with van der Waals surface area (Å²) in [6, 6.07) is 9.91. The van der Waals surface area contributed by atoms with E-state index in [1.165, 1.54) is 0 Å². The van der Waals surface area contributed by atoms with Crippen LogP contribution in [0.1, 0.15) is 25.3 Å². The second kappa shape index (κ2) is 7.91. The van der Waals surface area contributed by atoms with E-state index in [0.29, 0.717) is 19.6 Å². The Morgan fingerprint density at radius 1 is 1.32 bits per heavy atom. The van der Waals surface area contributed by atoms with Gasteiger partial charge in [0.05, 0.1) is 5.92 Å². The van der Waals surface area contributed by atoms with Crippen LogP contribution in [0, 0.1) is 5.92 Å². The van der Waals surface area contributed by atoms with Crippen LogP contribution in [-0.2, 0) is 16.1 Å². The topological polar surface area (TPSA) is 87.5 Å². The third kappa shape index (κ3) is 4.29. The molecule has 1 saturated heterocycles. The maximum atomic E-state index is 12.8. The van der Waals surface area contributed by atoms with E-state index in [9.17, 15) is 9.59 Å². The Bertz CT molecular complexity index is 506. The van der Waals surface area contributed by atoms with Crippen LogP contribution in [0.5, 0.6) is 0 Å². The quantitative estimate of drug-likeness (QED) is 0.680. The summed E-state index contributed by atoms with van der Waals surface area (Å²) in [5.74, 6) is -0.434. The number of carbonyl (C=O) groups is 2. The average molecular weight is 304 g/mol. The van der Waals surface area contributed by atoms with Crippen molar-refractivity contribution in [2.75, 3.05) is 13.1 Å². The van der Waals surface area contributed by atoms with Gasteiger partial charge in [-0.25, -0.2) is 0 Å². The fourth-order valence-electron chi connectivity index (χ4n) is 2.74. The number of benzene rings is 1. The Morgan fingerprint density at radius 2 is 2.05 bits per heavy atom. The molecule has 22 heavy (non-hydrogen) atoms. The molecule has 1 aromatic carbocycles. The van der Waals surface area contributed by atoms with Gasteiger partial charge in [0.15, 0.2) is 0 Å². The van der Waals surface area contributed by atoms with E-state index in [1.807, 2.05) is 30.3 Å². The van der Waals surface area contributed by atoms with E-state index in [2.05, 4.69) is 17.8 Å². The summed E-state index contributed by atoms with van der Waals surface area (Å²) in [5, 5.41) is 0. The van der Waals surface area contributed by atoms with Gasteiger partial charge in [-0.2, -0.15) is 0 Å². The number of nitrogens with zero attached hydrogens (tertiary/aromatic N) is 1. The fraction of sp³-hybridized carbons (Fsp3) is 0.500. The van der Waals surface area contributed by atoms with Crippen LogP contribution >= 0.6 is 0 Å². The van der Waals surface area contributed by atoms with E-state index in [-0.39, 0.29) is 30.2 Å². The van der Waals surface area contributed by atoms with Gasteiger partial charge < -0.3 is 10.6 Å². The SMILES string of the molecule is CCC1NNCC1C(=O)N(CCC(N)=O)Cc1ccccc1. The van der Waals surface area contributed by atoms with Crippen molar-refractivity contribution in [3.05, 3.63) is 35.9 Å². The summed E-state index contributed by atoms with van der Waals surface area (Å²) in [6.07, 6.45) is 1.06. The first kappa shape index (κ1) is 16.5. The molecule has 0 saturated carbocycles. The Hall–Kier alpha value is -1.92. The Balaban J connectivity index is 2.08. The van der Waals surface area contributed by atoms with Gasteiger partial charge in [-0.05, 0) is 12.0 Å². The van der Waals surface area contributed by atoms with Crippen LogP contribution in [0.25, 0.3) is 0 Å². The van der Waals surface area contributed by atoms with Gasteiger partial charge in [-0.15, -0.1) is 0 Å². The number of hydrazine groups is 1. The lowest BCUT2D eigenvalue weighted by Gasteiger charge is -2.27. The van der Waals surface area contributed by atoms with Crippen molar-refractivity contribution in [2.45, 2.75) is 32.4 Å². The van der Waals surface area contributed by atoms with Gasteiger partial charge in [0, 0.05) is 32.1 Å². The predicted octanol–water partition coefficient (Wildman–Crippen LogP) is 0.393. The van der Waals surface area contributed by atoms with Gasteiger partial charge in [-0.1, -0.05) is 37.3 Å². The van der Waals surface area contributed by atoms with Crippen LogP contribution in [-0.4, -0.2) is 35.8 Å². The highest BCUT2D eigenvalue weighted by Crippen LogP contribution is 2.17. The van der Waals surface area contributed by atoms with Crippen LogP contribution < -0.4 is 16.6 Å². The second-order valence-electron chi connectivity index (χ2n) is 5.61. The molecule has 2 unspecified atom stereocenters. The van der Waals surface area contributed by atoms with Crippen LogP contribution in [0.2, 0.25) is 0 Å². The molecular formula is C16H24N4O2. The standard InChI is InChI=1S/C16H24N4O2/c1-2-14-13(10-18-19-14)16(22)20(9-8-15(17)21)11-12-6-4-3-5-7-12/h3-7,13-14,18-19H,2,8-11H2,1H3,(H2,17,21). The van der Waals surface area contributed by atoms with Crippen molar-refractivity contribution in [1.82, 2.24) is 15.8 Å². The first-order valence-corrected chi connectivity index (χ1v) is 7.71. The number of nitrogens with one attached hydrogen (secondary N) is 2. The van der Waals surface area contributed by atoms with E-state index < -0.39 is 0 Å². The molecule has 120 valence electrons. The van der Waals surface area contributed by atoms with Crippen molar-refractivity contribution < 1.29 is 9.59 Å². The van der Waals surface area contributed by atoms with Crippen molar-refractivity contribution >= 4 is 11.8 Å². The second-order valence-corrected chi connectivity index (χ2v) is 5.61. The van der Waals surface area contributed by atoms with Crippen LogP contribution in [0.3, 0.4) is 0 Å². The molecule has 4 N–H and O–H groups in total. The molecule has 1 heterocycles. The molecule has 1 fully saturated rings. The minimum absolute atomic E-state index is 0.0643. The van der Waals surface area contributed by atoms with E-state index >= 15 is 0 Å². The fourth-order valence-corrected chi connectivity index (χ4v) is 2.74. The minimum atomic E-state index is -0.388. The number of primary amides is 1. The molecule has 6 heteroatoms. The van der Waals surface area contributed by atoms with Gasteiger partial charge in [0.25, 0.3) is 0 Å². The number of amides is 2. The van der Waals surface area contributed by atoms with Gasteiger partial charge in [0.2, 0.25) is 11.8 Å². The number of hydrogen-bond donors (Lipinski definition) is 3. The molecule has 2 rings (SSSR count). The first-order valence-electron chi connectivity index (χ1n) is 7.71. The Morgan fingerprint density at radius 3 is 2.68 bits per heavy atom. The van der Waals surface area contributed by atoms with Crippen molar-refractivity contribution in [3.8, 4) is 0 Å². The summed E-state index contributed by atoms with van der Waals surface area (Å²) in [5.41, 5.74) is 12.5. The molecule has 0 aromatic heterocycles. The highest BCUT2D eigenvalue weighted by Gasteiger charge is 2.34. The summed E-state index contributed by atoms with van der Waals surface area (Å²) in [7, 11) is 0. The van der Waals surface area contributed by atoms with Crippen LogP contribution in [0.4, 0.5) is 0 Å². The molecule has 0 spiro atoms. The summed E-state index contributed by atoms with van der Waals surface area (Å²) >= 11 is 0.